The Hall–Kier alpha value is -0.790. The summed E-state index contributed by atoms with van der Waals surface area (Å²) in [6.45, 7) is 0. The van der Waals surface area contributed by atoms with Crippen LogP contribution in [-0.2, 0) is 0 Å². The van der Waals surface area contributed by atoms with E-state index in [-0.39, 0.29) is 0 Å². The molecule has 1 atom stereocenters. The summed E-state index contributed by atoms with van der Waals surface area (Å²) >= 11 is 4.70. The monoisotopic (exact) mass is 147 g/mol. The van der Waals surface area contributed by atoms with Gasteiger partial charge in [-0.15, -0.1) is 0 Å². The van der Waals surface area contributed by atoms with Gasteiger partial charge in [0, 0.05) is 0 Å². The van der Waals surface area contributed by atoms with E-state index in [1.807, 2.05) is 0 Å². The van der Waals surface area contributed by atoms with Gasteiger partial charge in [0.15, 0.2) is 0 Å². The smallest absolute Gasteiger partial charge is 0.269 e. The highest BCUT2D eigenvalue weighted by molar-refractivity contribution is 7.80. The van der Waals surface area contributed by atoms with Gasteiger partial charge in [-0.3, -0.25) is 5.43 Å². The second-order valence-electron chi connectivity index (χ2n) is 1.50. The molecule has 6 N–H and O–H groups in total. The molecule has 0 radical (unpaired) electrons. The Labute approximate surface area is 56.8 Å². The van der Waals surface area contributed by atoms with E-state index < -0.39 is 6.29 Å². The SMILES string of the molecule is NN1C(=S)NNC1N=[NH2+]. The van der Waals surface area contributed by atoms with Gasteiger partial charge in [0.2, 0.25) is 5.11 Å². The molecule has 0 aliphatic carbocycles. The summed E-state index contributed by atoms with van der Waals surface area (Å²) < 4.78 is 0. The van der Waals surface area contributed by atoms with Crippen molar-refractivity contribution >= 4 is 17.3 Å². The van der Waals surface area contributed by atoms with E-state index >= 15 is 0 Å². The standard InChI is InChI=1S/C2H6N6S/c3-5-1-6-7-2(9)8(1)4/h1,3,6H,4H2,(H,7,9)/p+1. The van der Waals surface area contributed by atoms with Crippen LogP contribution in [0.1, 0.15) is 0 Å². The first kappa shape index (κ1) is 6.33. The van der Waals surface area contributed by atoms with Crippen LogP contribution in [0.3, 0.4) is 0 Å². The van der Waals surface area contributed by atoms with Crippen LogP contribution in [0.4, 0.5) is 0 Å². The average molecular weight is 147 g/mol. The van der Waals surface area contributed by atoms with E-state index in [0.29, 0.717) is 5.11 Å². The van der Waals surface area contributed by atoms with Crippen LogP contribution in [0, 0.1) is 0 Å². The third kappa shape index (κ3) is 0.969. The van der Waals surface area contributed by atoms with E-state index in [9.17, 15) is 0 Å². The third-order valence-corrected chi connectivity index (χ3v) is 1.26. The van der Waals surface area contributed by atoms with Crippen molar-refractivity contribution in [1.82, 2.24) is 15.9 Å². The molecule has 0 aromatic carbocycles. The Bertz CT molecular complexity index is 144. The molecule has 1 unspecified atom stereocenters. The largest absolute Gasteiger partial charge is 0.293 e. The van der Waals surface area contributed by atoms with Crippen molar-refractivity contribution in [2.45, 2.75) is 6.29 Å². The lowest BCUT2D eigenvalue weighted by Crippen LogP contribution is -2.45. The minimum absolute atomic E-state index is 0.384. The van der Waals surface area contributed by atoms with E-state index in [0.717, 1.165) is 0 Å². The number of rotatable bonds is 1. The minimum atomic E-state index is -0.447. The highest BCUT2D eigenvalue weighted by Crippen LogP contribution is 1.94. The van der Waals surface area contributed by atoms with Gasteiger partial charge in [0.05, 0.1) is 0 Å². The van der Waals surface area contributed by atoms with Crippen LogP contribution >= 0.6 is 12.2 Å². The lowest BCUT2D eigenvalue weighted by molar-refractivity contribution is -0.236. The van der Waals surface area contributed by atoms with Crippen LogP contribution in [0.2, 0.25) is 0 Å². The Morgan fingerprint density at radius 3 is 2.78 bits per heavy atom. The van der Waals surface area contributed by atoms with Crippen molar-refractivity contribution < 1.29 is 5.53 Å². The molecular weight excluding hydrogens is 140 g/mol. The summed E-state index contributed by atoms with van der Waals surface area (Å²) in [6, 6.07) is 0. The first-order valence-corrected chi connectivity index (χ1v) is 2.66. The van der Waals surface area contributed by atoms with E-state index in [4.69, 9.17) is 23.6 Å². The number of nitrogens with zero attached hydrogens (tertiary/aromatic N) is 2. The maximum Gasteiger partial charge on any atom is 0.269 e. The molecule has 0 amide bonds. The number of thiocarbonyl (C=S) groups is 1. The number of hydrogen-bond acceptors (Lipinski definition) is 4. The molecular formula is C2H7N6S+. The summed E-state index contributed by atoms with van der Waals surface area (Å²) in [5, 5.41) is 4.96. The summed E-state index contributed by atoms with van der Waals surface area (Å²) in [5.41, 5.74) is 10.1. The van der Waals surface area contributed by atoms with Gasteiger partial charge in [-0.05, 0) is 17.3 Å². The number of hydrogen-bond donors (Lipinski definition) is 4. The second kappa shape index (κ2) is 2.21. The van der Waals surface area contributed by atoms with Crippen molar-refractivity contribution in [2.24, 2.45) is 11.0 Å². The lowest BCUT2D eigenvalue weighted by Gasteiger charge is -2.08. The molecule has 1 heterocycles. The Kier molecular flexibility index (Phi) is 1.56. The summed E-state index contributed by atoms with van der Waals surface area (Å²) in [4.78, 5) is 0. The first-order valence-electron chi connectivity index (χ1n) is 2.25. The minimum Gasteiger partial charge on any atom is -0.293 e. The molecule has 1 rings (SSSR count). The van der Waals surface area contributed by atoms with Gasteiger partial charge in [-0.2, -0.15) is 11.0 Å². The second-order valence-corrected chi connectivity index (χ2v) is 1.89. The van der Waals surface area contributed by atoms with Crippen LogP contribution < -0.4 is 22.2 Å². The summed E-state index contributed by atoms with van der Waals surface area (Å²) in [7, 11) is 0. The van der Waals surface area contributed by atoms with Gasteiger partial charge >= 0.3 is 0 Å². The van der Waals surface area contributed by atoms with Crippen molar-refractivity contribution in [1.29, 1.82) is 0 Å². The van der Waals surface area contributed by atoms with Gasteiger partial charge in [-0.25, -0.2) is 10.9 Å². The summed E-state index contributed by atoms with van der Waals surface area (Å²) in [6.07, 6.45) is -0.447. The van der Waals surface area contributed by atoms with Crippen molar-refractivity contribution in [2.75, 3.05) is 0 Å². The lowest BCUT2D eigenvalue weighted by atomic mass is 10.8. The maximum atomic E-state index is 5.33. The molecule has 1 aliphatic heterocycles. The predicted octanol–water partition coefficient (Wildman–Crippen LogP) is -2.95. The molecule has 1 fully saturated rings. The molecule has 0 aromatic heterocycles. The zero-order valence-corrected chi connectivity index (χ0v) is 5.35. The fraction of sp³-hybridized carbons (Fsp3) is 0.500. The Morgan fingerprint density at radius 2 is 2.56 bits per heavy atom. The summed E-state index contributed by atoms with van der Waals surface area (Å²) in [5.74, 6) is 5.33. The van der Waals surface area contributed by atoms with Gasteiger partial charge in [0.1, 0.15) is 0 Å². The Balaban J connectivity index is 2.61. The molecule has 7 heteroatoms. The van der Waals surface area contributed by atoms with Crippen LogP contribution in [0.25, 0.3) is 0 Å². The molecule has 6 nitrogen and oxygen atoms in total. The molecule has 0 saturated carbocycles. The fourth-order valence-electron chi connectivity index (χ4n) is 0.481. The highest BCUT2D eigenvalue weighted by Gasteiger charge is 2.25. The molecule has 50 valence electrons. The van der Waals surface area contributed by atoms with Crippen molar-refractivity contribution in [3.8, 4) is 0 Å². The zero-order chi connectivity index (χ0) is 6.85. The molecule has 0 aromatic rings. The van der Waals surface area contributed by atoms with Gasteiger partial charge < -0.3 is 0 Å². The first-order chi connectivity index (χ1) is 4.25. The van der Waals surface area contributed by atoms with Gasteiger partial charge in [-0.1, -0.05) is 0 Å². The average Bonchev–Trinajstić information content (AvgIpc) is 2.15. The van der Waals surface area contributed by atoms with E-state index in [1.54, 1.807) is 0 Å². The van der Waals surface area contributed by atoms with Gasteiger partial charge in [0.25, 0.3) is 6.29 Å². The quantitative estimate of drug-likeness (QED) is 0.181. The number of nitrogens with one attached hydrogen (secondary N) is 2. The maximum absolute atomic E-state index is 5.33. The van der Waals surface area contributed by atoms with Crippen LogP contribution in [-0.4, -0.2) is 16.4 Å². The molecule has 0 spiro atoms. The number of nitrogens with two attached hydrogens (primary N) is 2. The highest BCUT2D eigenvalue weighted by atomic mass is 32.1. The van der Waals surface area contributed by atoms with Crippen LogP contribution in [0.15, 0.2) is 5.11 Å². The molecule has 1 aliphatic rings. The normalized spacial score (nSPS) is 26.1. The van der Waals surface area contributed by atoms with Crippen molar-refractivity contribution in [3.63, 3.8) is 0 Å². The predicted molar refractivity (Wildman–Crippen MR) is 33.0 cm³/mol. The molecule has 1 saturated heterocycles. The van der Waals surface area contributed by atoms with Crippen molar-refractivity contribution in [3.05, 3.63) is 0 Å². The van der Waals surface area contributed by atoms with Crippen LogP contribution in [0.5, 0.6) is 0 Å². The van der Waals surface area contributed by atoms with E-state index in [1.165, 1.54) is 5.01 Å². The zero-order valence-electron chi connectivity index (χ0n) is 4.53. The fourth-order valence-corrected chi connectivity index (χ4v) is 0.639. The Morgan fingerprint density at radius 1 is 1.89 bits per heavy atom. The molecule has 0 bridgehead atoms. The number of hydrazine groups is 2. The topological polar surface area (TPSA) is 91.3 Å². The van der Waals surface area contributed by atoms with E-state index in [2.05, 4.69) is 16.0 Å². The third-order valence-electron chi connectivity index (χ3n) is 0.947. The molecule has 9 heavy (non-hydrogen) atoms.